The lowest BCUT2D eigenvalue weighted by Crippen LogP contribution is -2.24. The van der Waals surface area contributed by atoms with Crippen molar-refractivity contribution in [2.75, 3.05) is 0 Å². The van der Waals surface area contributed by atoms with Crippen LogP contribution in [0.5, 0.6) is 0 Å². The van der Waals surface area contributed by atoms with Gasteiger partial charge in [0.15, 0.2) is 0 Å². The molecule has 0 aliphatic heterocycles. The van der Waals surface area contributed by atoms with Crippen molar-refractivity contribution in [1.29, 1.82) is 0 Å². The van der Waals surface area contributed by atoms with Crippen molar-refractivity contribution >= 4 is 0 Å². The van der Waals surface area contributed by atoms with Crippen LogP contribution in [0.4, 0.5) is 8.78 Å². The Bertz CT molecular complexity index is 354. The van der Waals surface area contributed by atoms with Gasteiger partial charge in [0.05, 0.1) is 0 Å². The van der Waals surface area contributed by atoms with Gasteiger partial charge in [0.2, 0.25) is 0 Å². The molecule has 1 rings (SSSR count). The highest BCUT2D eigenvalue weighted by Crippen LogP contribution is 2.15. The second-order valence-electron chi connectivity index (χ2n) is 4.16. The SMILES string of the molecule is C=C(C)CCC(N)Cc1c(F)cccc1F. The van der Waals surface area contributed by atoms with E-state index in [9.17, 15) is 8.78 Å². The topological polar surface area (TPSA) is 26.0 Å². The van der Waals surface area contributed by atoms with E-state index in [4.69, 9.17) is 5.73 Å². The molecule has 1 aromatic rings. The van der Waals surface area contributed by atoms with E-state index in [1.807, 2.05) is 6.92 Å². The Kier molecular flexibility index (Phi) is 4.62. The minimum atomic E-state index is -0.522. The van der Waals surface area contributed by atoms with Crippen molar-refractivity contribution in [1.82, 2.24) is 0 Å². The molecular formula is C13H17F2N. The summed E-state index contributed by atoms with van der Waals surface area (Å²) in [5.41, 5.74) is 6.93. The van der Waals surface area contributed by atoms with Gasteiger partial charge >= 0.3 is 0 Å². The first-order valence-electron chi connectivity index (χ1n) is 5.33. The lowest BCUT2D eigenvalue weighted by atomic mass is 10.00. The molecule has 1 atom stereocenters. The van der Waals surface area contributed by atoms with Crippen molar-refractivity contribution in [2.45, 2.75) is 32.2 Å². The van der Waals surface area contributed by atoms with E-state index >= 15 is 0 Å². The molecule has 0 saturated carbocycles. The summed E-state index contributed by atoms with van der Waals surface area (Å²) in [6.07, 6.45) is 1.71. The van der Waals surface area contributed by atoms with E-state index in [0.717, 1.165) is 12.0 Å². The molecule has 0 aromatic heterocycles. The molecular weight excluding hydrogens is 208 g/mol. The van der Waals surface area contributed by atoms with E-state index in [-0.39, 0.29) is 18.0 Å². The fraction of sp³-hybridized carbons (Fsp3) is 0.385. The van der Waals surface area contributed by atoms with Crippen LogP contribution in [0, 0.1) is 11.6 Å². The van der Waals surface area contributed by atoms with Gasteiger partial charge in [-0.1, -0.05) is 11.6 Å². The Morgan fingerprint density at radius 2 is 1.94 bits per heavy atom. The Balaban J connectivity index is 2.62. The van der Waals surface area contributed by atoms with Crippen molar-refractivity contribution in [2.24, 2.45) is 5.73 Å². The first-order valence-corrected chi connectivity index (χ1v) is 5.33. The number of halogens is 2. The van der Waals surface area contributed by atoms with E-state index in [0.29, 0.717) is 6.42 Å². The molecule has 0 saturated heterocycles. The molecule has 1 unspecified atom stereocenters. The standard InChI is InChI=1S/C13H17F2N/c1-9(2)6-7-10(16)8-11-12(14)4-3-5-13(11)15/h3-5,10H,1,6-8,16H2,2H3. The molecule has 88 valence electrons. The third kappa shape index (κ3) is 3.74. The largest absolute Gasteiger partial charge is 0.327 e. The Hall–Kier alpha value is -1.22. The van der Waals surface area contributed by atoms with Gasteiger partial charge in [-0.15, -0.1) is 6.58 Å². The normalized spacial score (nSPS) is 12.5. The van der Waals surface area contributed by atoms with Crippen LogP contribution in [0.15, 0.2) is 30.4 Å². The third-order valence-corrected chi connectivity index (χ3v) is 2.47. The van der Waals surface area contributed by atoms with Gasteiger partial charge in [-0.05, 0) is 38.3 Å². The Labute approximate surface area is 95.0 Å². The van der Waals surface area contributed by atoms with Gasteiger partial charge in [-0.2, -0.15) is 0 Å². The molecule has 0 amide bonds. The molecule has 0 spiro atoms. The summed E-state index contributed by atoms with van der Waals surface area (Å²) in [5.74, 6) is -1.04. The second-order valence-corrected chi connectivity index (χ2v) is 4.16. The van der Waals surface area contributed by atoms with Crippen molar-refractivity contribution in [3.63, 3.8) is 0 Å². The van der Waals surface area contributed by atoms with Crippen LogP contribution in [0.25, 0.3) is 0 Å². The number of hydrogen-bond acceptors (Lipinski definition) is 1. The van der Waals surface area contributed by atoms with Gasteiger partial charge in [0, 0.05) is 11.6 Å². The summed E-state index contributed by atoms with van der Waals surface area (Å²) in [5, 5.41) is 0. The van der Waals surface area contributed by atoms with Gasteiger partial charge in [0.25, 0.3) is 0 Å². The van der Waals surface area contributed by atoms with Crippen LogP contribution in [-0.2, 0) is 6.42 Å². The fourth-order valence-electron chi connectivity index (χ4n) is 1.52. The maximum absolute atomic E-state index is 13.3. The molecule has 0 heterocycles. The fourth-order valence-corrected chi connectivity index (χ4v) is 1.52. The average Bonchev–Trinajstić information content (AvgIpc) is 2.21. The number of rotatable bonds is 5. The first kappa shape index (κ1) is 12.8. The number of nitrogens with two attached hydrogens (primary N) is 1. The highest BCUT2D eigenvalue weighted by molar-refractivity contribution is 5.20. The van der Waals surface area contributed by atoms with Crippen LogP contribution in [0.3, 0.4) is 0 Å². The van der Waals surface area contributed by atoms with Gasteiger partial charge in [-0.25, -0.2) is 8.78 Å². The van der Waals surface area contributed by atoms with Crippen LogP contribution >= 0.6 is 0 Å². The van der Waals surface area contributed by atoms with Gasteiger partial charge in [-0.3, -0.25) is 0 Å². The summed E-state index contributed by atoms with van der Waals surface area (Å²) >= 11 is 0. The lowest BCUT2D eigenvalue weighted by Gasteiger charge is -2.12. The summed E-state index contributed by atoms with van der Waals surface area (Å²) in [6.45, 7) is 5.68. The van der Waals surface area contributed by atoms with Gasteiger partial charge in [0.1, 0.15) is 11.6 Å². The van der Waals surface area contributed by atoms with Gasteiger partial charge < -0.3 is 5.73 Å². The third-order valence-electron chi connectivity index (χ3n) is 2.47. The van der Waals surface area contributed by atoms with Crippen molar-refractivity contribution < 1.29 is 8.78 Å². The van der Waals surface area contributed by atoms with Crippen LogP contribution in [-0.4, -0.2) is 6.04 Å². The maximum atomic E-state index is 13.3. The lowest BCUT2D eigenvalue weighted by molar-refractivity contribution is 0.523. The smallest absolute Gasteiger partial charge is 0.129 e. The zero-order valence-electron chi connectivity index (χ0n) is 9.47. The number of benzene rings is 1. The molecule has 0 fully saturated rings. The zero-order valence-corrected chi connectivity index (χ0v) is 9.47. The molecule has 0 radical (unpaired) electrons. The molecule has 0 aliphatic rings. The van der Waals surface area contributed by atoms with Crippen LogP contribution in [0.1, 0.15) is 25.3 Å². The summed E-state index contributed by atoms with van der Waals surface area (Å²) < 4.78 is 26.6. The van der Waals surface area contributed by atoms with E-state index in [2.05, 4.69) is 6.58 Å². The Morgan fingerprint density at radius 3 is 2.44 bits per heavy atom. The highest BCUT2D eigenvalue weighted by Gasteiger charge is 2.12. The van der Waals surface area contributed by atoms with Crippen LogP contribution < -0.4 is 5.73 Å². The van der Waals surface area contributed by atoms with E-state index < -0.39 is 11.6 Å². The highest BCUT2D eigenvalue weighted by atomic mass is 19.1. The predicted octanol–water partition coefficient (Wildman–Crippen LogP) is 3.19. The molecule has 1 aromatic carbocycles. The monoisotopic (exact) mass is 225 g/mol. The molecule has 16 heavy (non-hydrogen) atoms. The zero-order chi connectivity index (χ0) is 12.1. The summed E-state index contributed by atoms with van der Waals surface area (Å²) in [7, 11) is 0. The van der Waals surface area contributed by atoms with Crippen molar-refractivity contribution in [3.8, 4) is 0 Å². The maximum Gasteiger partial charge on any atom is 0.129 e. The van der Waals surface area contributed by atoms with E-state index in [1.165, 1.54) is 18.2 Å². The summed E-state index contributed by atoms with van der Waals surface area (Å²) in [6, 6.07) is 3.63. The first-order chi connectivity index (χ1) is 7.50. The molecule has 1 nitrogen and oxygen atoms in total. The molecule has 0 aliphatic carbocycles. The predicted molar refractivity (Wildman–Crippen MR) is 62.1 cm³/mol. The molecule has 0 bridgehead atoms. The minimum absolute atomic E-state index is 0.0803. The van der Waals surface area contributed by atoms with Crippen molar-refractivity contribution in [3.05, 3.63) is 47.5 Å². The average molecular weight is 225 g/mol. The van der Waals surface area contributed by atoms with Crippen LogP contribution in [0.2, 0.25) is 0 Å². The molecule has 3 heteroatoms. The Morgan fingerprint density at radius 1 is 1.38 bits per heavy atom. The second kappa shape index (κ2) is 5.75. The van der Waals surface area contributed by atoms with E-state index in [1.54, 1.807) is 0 Å². The minimum Gasteiger partial charge on any atom is -0.327 e. The quantitative estimate of drug-likeness (QED) is 0.765. The molecule has 2 N–H and O–H groups in total. The summed E-state index contributed by atoms with van der Waals surface area (Å²) in [4.78, 5) is 0. The number of allylic oxidation sites excluding steroid dienone is 1. The number of hydrogen-bond donors (Lipinski definition) is 1.